The fraction of sp³-hybridized carbons (Fsp3) is 0.818. The lowest BCUT2D eigenvalue weighted by Gasteiger charge is -2.47. The Morgan fingerprint density at radius 1 is 1.41 bits per heavy atom. The standard InChI is InChI=1S/C11H20N2O9/c1-3(15)13-9-7(18)5(12)8(6(17)4(16)2-14)22-11(9,21)10(19)20/h4-9,14,16-18,21H,2,12H2,1H3,(H,13,15)(H,19,20)/t4-,5-,6-,7-,8-,9?,11?/m1/s1. The van der Waals surface area contributed by atoms with Crippen LogP contribution in [0.2, 0.25) is 0 Å². The van der Waals surface area contributed by atoms with Crippen molar-refractivity contribution in [1.29, 1.82) is 0 Å². The second kappa shape index (κ2) is 6.83. The van der Waals surface area contributed by atoms with E-state index in [0.717, 1.165) is 6.92 Å². The summed E-state index contributed by atoms with van der Waals surface area (Å²) in [5.41, 5.74) is 5.62. The number of hydrogen-bond acceptors (Lipinski definition) is 9. The molecule has 9 N–H and O–H groups in total. The molecule has 1 fully saturated rings. The molecule has 128 valence electrons. The van der Waals surface area contributed by atoms with Gasteiger partial charge in [0.25, 0.3) is 5.79 Å². The minimum absolute atomic E-state index is 0.756. The Balaban J connectivity index is 3.16. The van der Waals surface area contributed by atoms with Crippen LogP contribution in [0.1, 0.15) is 6.92 Å². The van der Waals surface area contributed by atoms with E-state index in [-0.39, 0.29) is 0 Å². The molecule has 0 bridgehead atoms. The second-order valence-electron chi connectivity index (χ2n) is 5.07. The summed E-state index contributed by atoms with van der Waals surface area (Å²) < 4.78 is 4.85. The Morgan fingerprint density at radius 3 is 2.36 bits per heavy atom. The topological polar surface area (TPSA) is 203 Å². The first-order valence-corrected chi connectivity index (χ1v) is 6.37. The molecule has 0 saturated carbocycles. The third-order valence-electron chi connectivity index (χ3n) is 3.44. The molecule has 11 nitrogen and oxygen atoms in total. The smallest absolute Gasteiger partial charge is 0.366 e. The number of ether oxygens (including phenoxy) is 1. The van der Waals surface area contributed by atoms with Crippen molar-refractivity contribution in [2.24, 2.45) is 5.73 Å². The molecular weight excluding hydrogens is 304 g/mol. The molecule has 7 atom stereocenters. The summed E-state index contributed by atoms with van der Waals surface area (Å²) in [6, 6.07) is -3.25. The Morgan fingerprint density at radius 2 is 1.95 bits per heavy atom. The molecule has 0 aromatic rings. The SMILES string of the molecule is CC(=O)NC1[C@H](O)[C@@H](N)[C@H]([C@H](O)[C@H](O)CO)OC1(O)C(=O)O. The first-order chi connectivity index (χ1) is 10.1. The molecule has 0 aliphatic carbocycles. The van der Waals surface area contributed by atoms with Gasteiger partial charge in [0.2, 0.25) is 5.91 Å². The van der Waals surface area contributed by atoms with Crippen LogP contribution in [0.15, 0.2) is 0 Å². The number of carboxylic acids is 1. The number of carbonyl (C=O) groups excluding carboxylic acids is 1. The Labute approximate surface area is 124 Å². The van der Waals surface area contributed by atoms with E-state index in [0.29, 0.717) is 0 Å². The highest BCUT2D eigenvalue weighted by molar-refractivity contribution is 5.79. The average Bonchev–Trinajstić information content (AvgIpc) is 2.45. The van der Waals surface area contributed by atoms with Gasteiger partial charge in [-0.1, -0.05) is 0 Å². The zero-order chi connectivity index (χ0) is 17.2. The molecule has 11 heteroatoms. The van der Waals surface area contributed by atoms with Crippen LogP contribution in [0.4, 0.5) is 0 Å². The fourth-order valence-electron chi connectivity index (χ4n) is 2.22. The Hall–Kier alpha value is -1.34. The first-order valence-electron chi connectivity index (χ1n) is 6.37. The van der Waals surface area contributed by atoms with Gasteiger partial charge >= 0.3 is 5.97 Å². The fourth-order valence-corrected chi connectivity index (χ4v) is 2.22. The number of carboxylic acid groups (broad SMARTS) is 1. The van der Waals surface area contributed by atoms with Gasteiger partial charge in [0.05, 0.1) is 18.8 Å². The van der Waals surface area contributed by atoms with Gasteiger partial charge < -0.3 is 46.4 Å². The zero-order valence-corrected chi connectivity index (χ0v) is 11.7. The van der Waals surface area contributed by atoms with Gasteiger partial charge in [-0.05, 0) is 0 Å². The number of aliphatic carboxylic acids is 1. The molecule has 0 aromatic heterocycles. The van der Waals surface area contributed by atoms with Gasteiger partial charge in [-0.25, -0.2) is 4.79 Å². The van der Waals surface area contributed by atoms with Crippen molar-refractivity contribution in [3.63, 3.8) is 0 Å². The highest BCUT2D eigenvalue weighted by Crippen LogP contribution is 2.30. The normalized spacial score (nSPS) is 38.1. The van der Waals surface area contributed by atoms with E-state index in [1.807, 2.05) is 5.32 Å². The molecule has 1 aliphatic rings. The van der Waals surface area contributed by atoms with Crippen LogP contribution < -0.4 is 11.1 Å². The quantitative estimate of drug-likeness (QED) is 0.242. The van der Waals surface area contributed by atoms with Crippen molar-refractivity contribution < 1.29 is 45.0 Å². The van der Waals surface area contributed by atoms with E-state index in [1.165, 1.54) is 0 Å². The summed E-state index contributed by atoms with van der Waals surface area (Å²) in [5.74, 6) is -5.77. The van der Waals surface area contributed by atoms with Crippen molar-refractivity contribution in [1.82, 2.24) is 5.32 Å². The van der Waals surface area contributed by atoms with E-state index in [4.69, 9.17) is 20.7 Å². The molecule has 1 rings (SSSR count). The van der Waals surface area contributed by atoms with Crippen LogP contribution in [-0.2, 0) is 14.3 Å². The lowest BCUT2D eigenvalue weighted by molar-refractivity contribution is -0.303. The lowest BCUT2D eigenvalue weighted by Crippen LogP contribution is -2.76. The summed E-state index contributed by atoms with van der Waals surface area (Å²) in [5, 5.41) is 59.3. The van der Waals surface area contributed by atoms with Gasteiger partial charge in [-0.15, -0.1) is 0 Å². The van der Waals surface area contributed by atoms with E-state index >= 15 is 0 Å². The number of carbonyl (C=O) groups is 2. The first kappa shape index (κ1) is 18.7. The molecule has 1 heterocycles. The molecule has 1 amide bonds. The van der Waals surface area contributed by atoms with Gasteiger partial charge in [0.15, 0.2) is 0 Å². The molecule has 2 unspecified atom stereocenters. The van der Waals surface area contributed by atoms with Crippen LogP contribution in [0.5, 0.6) is 0 Å². The Kier molecular flexibility index (Phi) is 5.81. The van der Waals surface area contributed by atoms with Crippen molar-refractivity contribution in [2.45, 2.75) is 49.2 Å². The number of hydrogen-bond donors (Lipinski definition) is 8. The summed E-state index contributed by atoms with van der Waals surface area (Å²) in [6.45, 7) is 0.140. The number of aliphatic hydroxyl groups is 5. The second-order valence-corrected chi connectivity index (χ2v) is 5.07. The van der Waals surface area contributed by atoms with Crippen molar-refractivity contribution in [2.75, 3.05) is 6.61 Å². The van der Waals surface area contributed by atoms with E-state index in [2.05, 4.69) is 0 Å². The summed E-state index contributed by atoms with van der Waals surface area (Å²) in [4.78, 5) is 22.4. The maximum Gasteiger partial charge on any atom is 0.366 e. The summed E-state index contributed by atoms with van der Waals surface area (Å²) in [6.07, 6.45) is -7.12. The van der Waals surface area contributed by atoms with E-state index < -0.39 is 60.8 Å². The molecule has 0 aromatic carbocycles. The molecular formula is C11H20N2O9. The van der Waals surface area contributed by atoms with Crippen LogP contribution in [0, 0.1) is 0 Å². The minimum atomic E-state index is -3.08. The third-order valence-corrected chi connectivity index (χ3v) is 3.44. The molecule has 0 spiro atoms. The predicted octanol–water partition coefficient (Wildman–Crippen LogP) is -4.93. The van der Waals surface area contributed by atoms with Crippen LogP contribution in [0.3, 0.4) is 0 Å². The zero-order valence-electron chi connectivity index (χ0n) is 11.7. The van der Waals surface area contributed by atoms with E-state index in [9.17, 15) is 30.0 Å². The van der Waals surface area contributed by atoms with Crippen molar-refractivity contribution in [3.05, 3.63) is 0 Å². The predicted molar refractivity (Wildman–Crippen MR) is 68.1 cm³/mol. The van der Waals surface area contributed by atoms with Crippen molar-refractivity contribution >= 4 is 11.9 Å². The van der Waals surface area contributed by atoms with Gasteiger partial charge in [0.1, 0.15) is 24.4 Å². The van der Waals surface area contributed by atoms with E-state index in [1.54, 1.807) is 0 Å². The Bertz CT molecular complexity index is 434. The van der Waals surface area contributed by atoms with Crippen LogP contribution in [0.25, 0.3) is 0 Å². The third kappa shape index (κ3) is 3.35. The number of amides is 1. The number of rotatable bonds is 5. The highest BCUT2D eigenvalue weighted by atomic mass is 16.7. The number of nitrogens with one attached hydrogen (secondary N) is 1. The molecule has 1 saturated heterocycles. The monoisotopic (exact) mass is 324 g/mol. The van der Waals surface area contributed by atoms with Crippen LogP contribution in [-0.4, -0.2) is 91.4 Å². The minimum Gasteiger partial charge on any atom is -0.477 e. The molecule has 1 aliphatic heterocycles. The van der Waals surface area contributed by atoms with Crippen LogP contribution >= 0.6 is 0 Å². The molecule has 22 heavy (non-hydrogen) atoms. The number of nitrogens with two attached hydrogens (primary N) is 1. The maximum atomic E-state index is 11.3. The highest BCUT2D eigenvalue weighted by Gasteiger charge is 2.59. The van der Waals surface area contributed by atoms with Gasteiger partial charge in [-0.2, -0.15) is 0 Å². The largest absolute Gasteiger partial charge is 0.477 e. The summed E-state index contributed by atoms with van der Waals surface area (Å²) in [7, 11) is 0. The number of aliphatic hydroxyl groups excluding tert-OH is 4. The molecule has 0 radical (unpaired) electrons. The maximum absolute atomic E-state index is 11.3. The summed E-state index contributed by atoms with van der Waals surface area (Å²) >= 11 is 0. The lowest BCUT2D eigenvalue weighted by atomic mass is 9.85. The average molecular weight is 324 g/mol. The van der Waals surface area contributed by atoms with Gasteiger partial charge in [0, 0.05) is 6.92 Å². The van der Waals surface area contributed by atoms with Gasteiger partial charge in [-0.3, -0.25) is 4.79 Å². The van der Waals surface area contributed by atoms with Crippen molar-refractivity contribution in [3.8, 4) is 0 Å².